The standard InChI is InChI=1S/C18H19NO5/c1-12-5-3-4-6-13(12)10-19-17(21)11-24-18(22)15-8-7-14(23-2)9-16(15)20/h3-9,20H,10-11H2,1-2H3,(H,19,21). The fourth-order valence-corrected chi connectivity index (χ4v) is 2.07. The highest BCUT2D eigenvalue weighted by molar-refractivity contribution is 5.94. The molecule has 6 heteroatoms. The normalized spacial score (nSPS) is 10.1. The van der Waals surface area contributed by atoms with Crippen LogP contribution in [-0.4, -0.2) is 30.7 Å². The van der Waals surface area contributed by atoms with Crippen molar-refractivity contribution in [1.29, 1.82) is 0 Å². The Balaban J connectivity index is 1.85. The molecule has 0 atom stereocenters. The molecule has 2 aromatic carbocycles. The largest absolute Gasteiger partial charge is 0.507 e. The second-order valence-electron chi connectivity index (χ2n) is 5.16. The number of hydrogen-bond donors (Lipinski definition) is 2. The van der Waals surface area contributed by atoms with Crippen LogP contribution in [0.4, 0.5) is 0 Å². The minimum atomic E-state index is -0.777. The minimum absolute atomic E-state index is 0.0255. The number of phenolic OH excluding ortho intramolecular Hbond substituents is 1. The van der Waals surface area contributed by atoms with Crippen molar-refractivity contribution in [3.63, 3.8) is 0 Å². The van der Waals surface area contributed by atoms with Gasteiger partial charge in [0.15, 0.2) is 6.61 Å². The number of benzene rings is 2. The maximum absolute atomic E-state index is 11.9. The molecule has 0 unspecified atom stereocenters. The third-order valence-electron chi connectivity index (χ3n) is 3.50. The minimum Gasteiger partial charge on any atom is -0.507 e. The zero-order chi connectivity index (χ0) is 17.5. The summed E-state index contributed by atoms with van der Waals surface area (Å²) in [6, 6.07) is 11.9. The van der Waals surface area contributed by atoms with Gasteiger partial charge in [-0.05, 0) is 30.2 Å². The van der Waals surface area contributed by atoms with Crippen LogP contribution in [0.5, 0.6) is 11.5 Å². The Kier molecular flexibility index (Phi) is 5.78. The van der Waals surface area contributed by atoms with Gasteiger partial charge in [-0.1, -0.05) is 24.3 Å². The van der Waals surface area contributed by atoms with Crippen LogP contribution >= 0.6 is 0 Å². The van der Waals surface area contributed by atoms with Crippen LogP contribution in [0.2, 0.25) is 0 Å². The third kappa shape index (κ3) is 4.49. The van der Waals surface area contributed by atoms with Gasteiger partial charge in [-0.25, -0.2) is 4.79 Å². The second-order valence-corrected chi connectivity index (χ2v) is 5.16. The molecule has 0 spiro atoms. The number of amides is 1. The zero-order valence-electron chi connectivity index (χ0n) is 13.5. The highest BCUT2D eigenvalue weighted by Gasteiger charge is 2.15. The molecule has 0 aliphatic carbocycles. The molecule has 0 heterocycles. The van der Waals surface area contributed by atoms with Crippen molar-refractivity contribution < 1.29 is 24.2 Å². The first kappa shape index (κ1) is 17.3. The molecule has 0 aliphatic rings. The molecular formula is C18H19NO5. The first-order valence-corrected chi connectivity index (χ1v) is 7.36. The lowest BCUT2D eigenvalue weighted by molar-refractivity contribution is -0.124. The summed E-state index contributed by atoms with van der Waals surface area (Å²) in [5.74, 6) is -1.04. The van der Waals surface area contributed by atoms with Gasteiger partial charge in [-0.3, -0.25) is 4.79 Å². The smallest absolute Gasteiger partial charge is 0.342 e. The first-order valence-electron chi connectivity index (χ1n) is 7.36. The number of hydrogen-bond acceptors (Lipinski definition) is 5. The Morgan fingerprint density at radius 3 is 2.58 bits per heavy atom. The molecular weight excluding hydrogens is 310 g/mol. The van der Waals surface area contributed by atoms with E-state index in [0.29, 0.717) is 12.3 Å². The van der Waals surface area contributed by atoms with Gasteiger partial charge in [0.2, 0.25) is 0 Å². The van der Waals surface area contributed by atoms with E-state index in [2.05, 4.69) is 5.32 Å². The molecule has 0 fully saturated rings. The number of phenols is 1. The molecule has 0 saturated carbocycles. The molecule has 0 radical (unpaired) electrons. The molecule has 1 amide bonds. The summed E-state index contributed by atoms with van der Waals surface area (Å²) in [6.07, 6.45) is 0. The van der Waals surface area contributed by atoms with Crippen molar-refractivity contribution in [2.75, 3.05) is 13.7 Å². The zero-order valence-corrected chi connectivity index (χ0v) is 13.5. The number of rotatable bonds is 6. The molecule has 6 nitrogen and oxygen atoms in total. The van der Waals surface area contributed by atoms with Gasteiger partial charge in [0.25, 0.3) is 5.91 Å². The van der Waals surface area contributed by atoms with Crippen LogP contribution < -0.4 is 10.1 Å². The topological polar surface area (TPSA) is 84.9 Å². The van der Waals surface area contributed by atoms with Gasteiger partial charge in [-0.15, -0.1) is 0 Å². The molecule has 2 N–H and O–H groups in total. The van der Waals surface area contributed by atoms with Crippen LogP contribution in [0.3, 0.4) is 0 Å². The number of carbonyl (C=O) groups is 2. The van der Waals surface area contributed by atoms with E-state index in [1.54, 1.807) is 0 Å². The van der Waals surface area contributed by atoms with E-state index in [1.807, 2.05) is 31.2 Å². The first-order chi connectivity index (χ1) is 11.5. The van der Waals surface area contributed by atoms with E-state index in [0.717, 1.165) is 11.1 Å². The van der Waals surface area contributed by atoms with E-state index in [-0.39, 0.29) is 11.3 Å². The third-order valence-corrected chi connectivity index (χ3v) is 3.50. The maximum Gasteiger partial charge on any atom is 0.342 e. The molecule has 126 valence electrons. The Morgan fingerprint density at radius 1 is 1.17 bits per heavy atom. The highest BCUT2D eigenvalue weighted by atomic mass is 16.5. The monoisotopic (exact) mass is 329 g/mol. The summed E-state index contributed by atoms with van der Waals surface area (Å²) < 4.78 is 9.85. The summed E-state index contributed by atoms with van der Waals surface area (Å²) in [5, 5.41) is 12.4. The molecule has 0 aliphatic heterocycles. The van der Waals surface area contributed by atoms with Gasteiger partial charge in [0.05, 0.1) is 7.11 Å². The van der Waals surface area contributed by atoms with Crippen molar-refractivity contribution in [2.24, 2.45) is 0 Å². The summed E-state index contributed by atoms with van der Waals surface area (Å²) in [7, 11) is 1.45. The van der Waals surface area contributed by atoms with E-state index in [9.17, 15) is 14.7 Å². The predicted octanol–water partition coefficient (Wildman–Crippen LogP) is 2.18. The average molecular weight is 329 g/mol. The average Bonchev–Trinajstić information content (AvgIpc) is 2.58. The molecule has 0 saturated heterocycles. The van der Waals surface area contributed by atoms with Gasteiger partial charge in [0, 0.05) is 12.6 Å². The van der Waals surface area contributed by atoms with Gasteiger partial charge < -0.3 is 19.9 Å². The lowest BCUT2D eigenvalue weighted by atomic mass is 10.1. The SMILES string of the molecule is COc1ccc(C(=O)OCC(=O)NCc2ccccc2C)c(O)c1. The number of nitrogens with one attached hydrogen (secondary N) is 1. The van der Waals surface area contributed by atoms with Crippen molar-refractivity contribution >= 4 is 11.9 Å². The van der Waals surface area contributed by atoms with Crippen LogP contribution in [0, 0.1) is 6.92 Å². The van der Waals surface area contributed by atoms with E-state index in [1.165, 1.54) is 25.3 Å². The lowest BCUT2D eigenvalue weighted by Crippen LogP contribution is -2.28. The summed E-state index contributed by atoms with van der Waals surface area (Å²) in [5.41, 5.74) is 2.03. The fourth-order valence-electron chi connectivity index (χ4n) is 2.07. The van der Waals surface area contributed by atoms with Crippen molar-refractivity contribution in [3.8, 4) is 11.5 Å². The number of aryl methyl sites for hydroxylation is 1. The number of carbonyl (C=O) groups excluding carboxylic acids is 2. The van der Waals surface area contributed by atoms with E-state index < -0.39 is 18.5 Å². The Morgan fingerprint density at radius 2 is 1.92 bits per heavy atom. The number of ether oxygens (including phenoxy) is 2. The van der Waals surface area contributed by atoms with E-state index >= 15 is 0 Å². The number of methoxy groups -OCH3 is 1. The Hall–Kier alpha value is -3.02. The molecule has 2 aromatic rings. The second kappa shape index (κ2) is 8.01. The van der Waals surface area contributed by atoms with Gasteiger partial charge in [0.1, 0.15) is 17.1 Å². The Labute approximate surface area is 140 Å². The molecule has 24 heavy (non-hydrogen) atoms. The van der Waals surface area contributed by atoms with Crippen LogP contribution in [0.25, 0.3) is 0 Å². The van der Waals surface area contributed by atoms with Crippen molar-refractivity contribution in [2.45, 2.75) is 13.5 Å². The highest BCUT2D eigenvalue weighted by Crippen LogP contribution is 2.23. The Bertz CT molecular complexity index is 742. The number of esters is 1. The summed E-state index contributed by atoms with van der Waals surface area (Å²) in [6.45, 7) is 1.89. The quantitative estimate of drug-likeness (QED) is 0.794. The molecule has 0 aromatic heterocycles. The number of aromatic hydroxyl groups is 1. The maximum atomic E-state index is 11.9. The fraction of sp³-hybridized carbons (Fsp3) is 0.222. The van der Waals surface area contributed by atoms with E-state index in [4.69, 9.17) is 9.47 Å². The van der Waals surface area contributed by atoms with Crippen molar-refractivity contribution in [3.05, 3.63) is 59.2 Å². The van der Waals surface area contributed by atoms with Gasteiger partial charge >= 0.3 is 5.97 Å². The summed E-state index contributed by atoms with van der Waals surface area (Å²) >= 11 is 0. The molecule has 0 bridgehead atoms. The predicted molar refractivity (Wildman–Crippen MR) is 88.0 cm³/mol. The van der Waals surface area contributed by atoms with Crippen LogP contribution in [0.15, 0.2) is 42.5 Å². The lowest BCUT2D eigenvalue weighted by Gasteiger charge is -2.09. The van der Waals surface area contributed by atoms with Gasteiger partial charge in [-0.2, -0.15) is 0 Å². The van der Waals surface area contributed by atoms with Crippen LogP contribution in [0.1, 0.15) is 21.5 Å². The van der Waals surface area contributed by atoms with Crippen LogP contribution in [-0.2, 0) is 16.1 Å². The summed E-state index contributed by atoms with van der Waals surface area (Å²) in [4.78, 5) is 23.7. The molecule has 2 rings (SSSR count). The van der Waals surface area contributed by atoms with Crippen molar-refractivity contribution in [1.82, 2.24) is 5.32 Å².